The van der Waals surface area contributed by atoms with Crippen molar-refractivity contribution in [2.75, 3.05) is 11.9 Å². The normalized spacial score (nSPS) is 23.9. The number of nitrogens with zero attached hydrogens (tertiary/aromatic N) is 1. The Balaban J connectivity index is 1.59. The molecule has 1 N–H and O–H groups in total. The predicted octanol–water partition coefficient (Wildman–Crippen LogP) is 3.60. The largest absolute Gasteiger partial charge is 0.381 e. The molecule has 3 rings (SSSR count). The van der Waals surface area contributed by atoms with Crippen molar-refractivity contribution in [2.45, 2.75) is 50.2 Å². The average molecular weight is 274 g/mol. The second-order valence-electron chi connectivity index (χ2n) is 5.85. The van der Waals surface area contributed by atoms with Crippen LogP contribution in [-0.2, 0) is 4.74 Å². The lowest BCUT2D eigenvalue weighted by molar-refractivity contribution is -0.0307. The molecule has 20 heavy (non-hydrogen) atoms. The highest BCUT2D eigenvalue weighted by Crippen LogP contribution is 2.43. The molecule has 1 saturated carbocycles. The molecular formula is C16H19FN2O. The summed E-state index contributed by atoms with van der Waals surface area (Å²) in [7, 11) is 0. The van der Waals surface area contributed by atoms with Gasteiger partial charge in [-0.1, -0.05) is 12.8 Å². The topological polar surface area (TPSA) is 45.0 Å². The Morgan fingerprint density at radius 1 is 1.35 bits per heavy atom. The molecule has 3 nitrogen and oxygen atoms in total. The fourth-order valence-electron chi connectivity index (χ4n) is 3.41. The first-order chi connectivity index (χ1) is 9.71. The number of nitriles is 1. The first kappa shape index (κ1) is 13.4. The second-order valence-corrected chi connectivity index (χ2v) is 5.85. The van der Waals surface area contributed by atoms with Gasteiger partial charge in [0.1, 0.15) is 11.9 Å². The predicted molar refractivity (Wildman–Crippen MR) is 74.9 cm³/mol. The third-order valence-electron chi connectivity index (χ3n) is 4.48. The molecule has 2 aliphatic rings. The molecule has 0 aromatic heterocycles. The summed E-state index contributed by atoms with van der Waals surface area (Å²) in [6.45, 7) is 0.683. The molecule has 1 atom stereocenters. The van der Waals surface area contributed by atoms with Gasteiger partial charge >= 0.3 is 0 Å². The summed E-state index contributed by atoms with van der Waals surface area (Å²) in [4.78, 5) is 0. The van der Waals surface area contributed by atoms with Gasteiger partial charge in [0.2, 0.25) is 0 Å². The van der Waals surface area contributed by atoms with Crippen molar-refractivity contribution in [1.29, 1.82) is 5.26 Å². The van der Waals surface area contributed by atoms with Gasteiger partial charge in [0, 0.05) is 6.54 Å². The summed E-state index contributed by atoms with van der Waals surface area (Å²) in [5.74, 6) is -0.380. The van der Waals surface area contributed by atoms with Crippen molar-refractivity contribution in [3.8, 4) is 6.07 Å². The summed E-state index contributed by atoms with van der Waals surface area (Å²) in [5.41, 5.74) is 1.16. The van der Waals surface area contributed by atoms with Gasteiger partial charge in [0.05, 0.1) is 23.0 Å². The number of anilines is 1. The zero-order chi connectivity index (χ0) is 14.0. The van der Waals surface area contributed by atoms with Crippen LogP contribution in [0, 0.1) is 17.1 Å². The van der Waals surface area contributed by atoms with Crippen molar-refractivity contribution in [2.24, 2.45) is 0 Å². The van der Waals surface area contributed by atoms with Crippen LogP contribution in [-0.4, -0.2) is 18.2 Å². The third-order valence-corrected chi connectivity index (χ3v) is 4.48. The van der Waals surface area contributed by atoms with Gasteiger partial charge in [-0.05, 0) is 43.9 Å². The molecule has 1 unspecified atom stereocenters. The van der Waals surface area contributed by atoms with Gasteiger partial charge in [-0.15, -0.1) is 0 Å². The SMILES string of the molecule is N#Cc1cc(F)ccc1NCC1CCC2(CCCC2)O1. The van der Waals surface area contributed by atoms with E-state index in [0.29, 0.717) is 17.8 Å². The van der Waals surface area contributed by atoms with E-state index < -0.39 is 0 Å². The lowest BCUT2D eigenvalue weighted by Gasteiger charge is -2.24. The molecule has 0 radical (unpaired) electrons. The molecule has 1 aliphatic carbocycles. The Morgan fingerprint density at radius 2 is 2.15 bits per heavy atom. The van der Waals surface area contributed by atoms with E-state index in [1.807, 2.05) is 6.07 Å². The lowest BCUT2D eigenvalue weighted by atomic mass is 9.98. The summed E-state index contributed by atoms with van der Waals surface area (Å²) in [6.07, 6.45) is 7.33. The van der Waals surface area contributed by atoms with Gasteiger partial charge in [-0.3, -0.25) is 0 Å². The van der Waals surface area contributed by atoms with Crippen LogP contribution in [0.5, 0.6) is 0 Å². The minimum atomic E-state index is -0.380. The number of rotatable bonds is 3. The Hall–Kier alpha value is -1.60. The van der Waals surface area contributed by atoms with Gasteiger partial charge in [0.25, 0.3) is 0 Å². The van der Waals surface area contributed by atoms with Crippen molar-refractivity contribution < 1.29 is 9.13 Å². The van der Waals surface area contributed by atoms with Crippen molar-refractivity contribution in [3.63, 3.8) is 0 Å². The quantitative estimate of drug-likeness (QED) is 0.916. The van der Waals surface area contributed by atoms with Crippen LogP contribution in [0.2, 0.25) is 0 Å². The van der Waals surface area contributed by atoms with Gasteiger partial charge < -0.3 is 10.1 Å². The zero-order valence-electron chi connectivity index (χ0n) is 11.5. The number of benzene rings is 1. The first-order valence-corrected chi connectivity index (χ1v) is 7.32. The van der Waals surface area contributed by atoms with E-state index in [-0.39, 0.29) is 17.5 Å². The first-order valence-electron chi connectivity index (χ1n) is 7.32. The van der Waals surface area contributed by atoms with E-state index in [1.54, 1.807) is 6.07 Å². The summed E-state index contributed by atoms with van der Waals surface area (Å²) < 4.78 is 19.3. The van der Waals surface area contributed by atoms with Crippen LogP contribution in [0.1, 0.15) is 44.1 Å². The van der Waals surface area contributed by atoms with Gasteiger partial charge in [-0.2, -0.15) is 5.26 Å². The molecule has 1 aromatic carbocycles. The molecule has 1 aliphatic heterocycles. The van der Waals surface area contributed by atoms with Crippen LogP contribution in [0.15, 0.2) is 18.2 Å². The monoisotopic (exact) mass is 274 g/mol. The highest BCUT2D eigenvalue weighted by Gasteiger charge is 2.41. The van der Waals surface area contributed by atoms with Crippen molar-refractivity contribution in [1.82, 2.24) is 0 Å². The maximum absolute atomic E-state index is 13.1. The van der Waals surface area contributed by atoms with Crippen LogP contribution < -0.4 is 5.32 Å². The van der Waals surface area contributed by atoms with Crippen molar-refractivity contribution in [3.05, 3.63) is 29.6 Å². The number of halogens is 1. The maximum Gasteiger partial charge on any atom is 0.124 e. The van der Waals surface area contributed by atoms with Crippen LogP contribution in [0.25, 0.3) is 0 Å². The molecule has 1 saturated heterocycles. The van der Waals surface area contributed by atoms with Crippen molar-refractivity contribution >= 4 is 5.69 Å². The van der Waals surface area contributed by atoms with E-state index >= 15 is 0 Å². The van der Waals surface area contributed by atoms with E-state index in [0.717, 1.165) is 12.8 Å². The second kappa shape index (κ2) is 5.41. The molecule has 1 aromatic rings. The third kappa shape index (κ3) is 2.64. The molecule has 4 heteroatoms. The Morgan fingerprint density at radius 3 is 2.90 bits per heavy atom. The molecule has 1 spiro atoms. The summed E-state index contributed by atoms with van der Waals surface area (Å²) in [5, 5.41) is 12.2. The molecule has 106 valence electrons. The minimum Gasteiger partial charge on any atom is -0.381 e. The maximum atomic E-state index is 13.1. The molecule has 0 bridgehead atoms. The van der Waals surface area contributed by atoms with Crippen LogP contribution >= 0.6 is 0 Å². The number of ether oxygens (including phenoxy) is 1. The number of hydrogen-bond donors (Lipinski definition) is 1. The highest BCUT2D eigenvalue weighted by molar-refractivity contribution is 5.57. The van der Waals surface area contributed by atoms with Gasteiger partial charge in [-0.25, -0.2) is 4.39 Å². The van der Waals surface area contributed by atoms with Crippen LogP contribution in [0.4, 0.5) is 10.1 Å². The minimum absolute atomic E-state index is 0.132. The van der Waals surface area contributed by atoms with E-state index in [1.165, 1.54) is 37.8 Å². The number of nitrogens with one attached hydrogen (secondary N) is 1. The molecular weight excluding hydrogens is 255 g/mol. The number of hydrogen-bond acceptors (Lipinski definition) is 3. The fourth-order valence-corrected chi connectivity index (χ4v) is 3.41. The van der Waals surface area contributed by atoms with E-state index in [2.05, 4.69) is 5.32 Å². The van der Waals surface area contributed by atoms with E-state index in [4.69, 9.17) is 10.00 Å². The smallest absolute Gasteiger partial charge is 0.124 e. The van der Waals surface area contributed by atoms with Crippen LogP contribution in [0.3, 0.4) is 0 Å². The standard InChI is InChI=1S/C16H19FN2O/c17-13-3-4-15(12(9-13)10-18)19-11-14-5-8-16(20-14)6-1-2-7-16/h3-4,9,14,19H,1-2,5-8,11H2. The highest BCUT2D eigenvalue weighted by atomic mass is 19.1. The lowest BCUT2D eigenvalue weighted by Crippen LogP contribution is -2.28. The van der Waals surface area contributed by atoms with Gasteiger partial charge in [0.15, 0.2) is 0 Å². The summed E-state index contributed by atoms with van der Waals surface area (Å²) >= 11 is 0. The Labute approximate surface area is 118 Å². The Bertz CT molecular complexity index is 532. The molecule has 2 fully saturated rings. The Kier molecular flexibility index (Phi) is 3.62. The molecule has 0 amide bonds. The zero-order valence-corrected chi connectivity index (χ0v) is 11.5. The fraction of sp³-hybridized carbons (Fsp3) is 0.562. The summed E-state index contributed by atoms with van der Waals surface area (Å²) in [6, 6.07) is 6.27. The molecule has 1 heterocycles. The average Bonchev–Trinajstić information content (AvgIpc) is 3.08. The van der Waals surface area contributed by atoms with E-state index in [9.17, 15) is 4.39 Å².